The number of amides is 1. The van der Waals surface area contributed by atoms with Gasteiger partial charge >= 0.3 is 0 Å². The quantitative estimate of drug-likeness (QED) is 0.827. The van der Waals surface area contributed by atoms with Crippen LogP contribution in [0.1, 0.15) is 15.9 Å². The molecule has 21 heavy (non-hydrogen) atoms. The van der Waals surface area contributed by atoms with Crippen molar-refractivity contribution in [3.05, 3.63) is 51.7 Å². The van der Waals surface area contributed by atoms with E-state index in [1.165, 1.54) is 19.2 Å². The molecular weight excluding hydrogens is 339 g/mol. The first-order chi connectivity index (χ1) is 9.93. The van der Waals surface area contributed by atoms with Gasteiger partial charge in [0.25, 0.3) is 5.91 Å². The molecule has 1 amide bonds. The van der Waals surface area contributed by atoms with E-state index in [0.717, 1.165) is 0 Å². The molecule has 4 nitrogen and oxygen atoms in total. The molecule has 6 heteroatoms. The number of anilines is 2. The number of methoxy groups -OCH3 is 1. The molecule has 0 radical (unpaired) electrons. The number of rotatable bonds is 3. The molecule has 0 bridgehead atoms. The molecule has 3 N–H and O–H groups in total. The first-order valence-electron chi connectivity index (χ1n) is 6.13. The zero-order chi connectivity index (χ0) is 15.6. The van der Waals surface area contributed by atoms with Crippen LogP contribution in [0.25, 0.3) is 0 Å². The summed E-state index contributed by atoms with van der Waals surface area (Å²) in [7, 11) is 1.46. The average Bonchev–Trinajstić information content (AvgIpc) is 2.44. The number of carbonyl (C=O) groups is 1. The molecule has 0 aliphatic carbocycles. The second-order valence-corrected chi connectivity index (χ2v) is 5.31. The largest absolute Gasteiger partial charge is 0.496 e. The van der Waals surface area contributed by atoms with Gasteiger partial charge in [0, 0.05) is 11.4 Å². The van der Waals surface area contributed by atoms with Gasteiger partial charge in [-0.2, -0.15) is 0 Å². The first kappa shape index (κ1) is 15.3. The van der Waals surface area contributed by atoms with Gasteiger partial charge in [0.1, 0.15) is 17.1 Å². The molecule has 0 fully saturated rings. The number of carbonyl (C=O) groups excluding carboxylic acids is 1. The maximum absolute atomic E-state index is 13.4. The monoisotopic (exact) mass is 352 g/mol. The Morgan fingerprint density at radius 2 is 2.10 bits per heavy atom. The molecule has 0 aromatic heterocycles. The number of nitrogens with two attached hydrogens (primary N) is 1. The van der Waals surface area contributed by atoms with Crippen LogP contribution in [0, 0.1) is 12.7 Å². The Morgan fingerprint density at radius 3 is 2.76 bits per heavy atom. The summed E-state index contributed by atoms with van der Waals surface area (Å²) < 4.78 is 18.8. The van der Waals surface area contributed by atoms with Gasteiger partial charge in [0.05, 0.1) is 11.6 Å². The van der Waals surface area contributed by atoms with Crippen LogP contribution in [0.2, 0.25) is 0 Å². The van der Waals surface area contributed by atoms with Gasteiger partial charge in [-0.25, -0.2) is 4.39 Å². The van der Waals surface area contributed by atoms with Gasteiger partial charge in [-0.1, -0.05) is 6.07 Å². The maximum atomic E-state index is 13.4. The van der Waals surface area contributed by atoms with E-state index in [0.29, 0.717) is 22.7 Å². The van der Waals surface area contributed by atoms with Crippen LogP contribution in [0.15, 0.2) is 34.8 Å². The summed E-state index contributed by atoms with van der Waals surface area (Å²) in [5.41, 5.74) is 7.50. The number of halogens is 2. The molecule has 2 rings (SSSR count). The van der Waals surface area contributed by atoms with Crippen molar-refractivity contribution < 1.29 is 13.9 Å². The Balaban J connectivity index is 2.37. The van der Waals surface area contributed by atoms with Crippen LogP contribution < -0.4 is 15.8 Å². The fraction of sp³-hybridized carbons (Fsp3) is 0.133. The normalized spacial score (nSPS) is 10.3. The van der Waals surface area contributed by atoms with Crippen molar-refractivity contribution in [2.24, 2.45) is 0 Å². The topological polar surface area (TPSA) is 64.3 Å². The zero-order valence-corrected chi connectivity index (χ0v) is 13.1. The minimum absolute atomic E-state index is 0.250. The second-order valence-electron chi connectivity index (χ2n) is 4.46. The summed E-state index contributed by atoms with van der Waals surface area (Å²) in [5.74, 6) is -0.416. The standard InChI is InChI=1S/C15H14BrFN2O2/c1-8-6-10(17)9(16)7-12(8)19-15(20)14-11(18)4-3-5-13(14)21-2/h3-7H,18H2,1-2H3,(H,19,20). The highest BCUT2D eigenvalue weighted by atomic mass is 79.9. The van der Waals surface area contributed by atoms with Crippen molar-refractivity contribution in [2.45, 2.75) is 6.92 Å². The summed E-state index contributed by atoms with van der Waals surface area (Å²) in [4.78, 5) is 12.4. The Morgan fingerprint density at radius 1 is 1.38 bits per heavy atom. The van der Waals surface area contributed by atoms with Crippen LogP contribution in [-0.4, -0.2) is 13.0 Å². The third-order valence-corrected chi connectivity index (χ3v) is 3.63. The number of aryl methyl sites for hydroxylation is 1. The Bertz CT molecular complexity index is 704. The Hall–Kier alpha value is -2.08. The summed E-state index contributed by atoms with van der Waals surface area (Å²) in [5, 5.41) is 2.71. The molecule has 2 aromatic carbocycles. The number of hydrogen-bond donors (Lipinski definition) is 2. The van der Waals surface area contributed by atoms with E-state index >= 15 is 0 Å². The van der Waals surface area contributed by atoms with E-state index in [2.05, 4.69) is 21.2 Å². The fourth-order valence-corrected chi connectivity index (χ4v) is 2.27. The van der Waals surface area contributed by atoms with Crippen molar-refractivity contribution in [3.8, 4) is 5.75 Å². The van der Waals surface area contributed by atoms with E-state index in [9.17, 15) is 9.18 Å². The summed E-state index contributed by atoms with van der Waals surface area (Å²) >= 11 is 3.09. The number of nitrogens with one attached hydrogen (secondary N) is 1. The van der Waals surface area contributed by atoms with Crippen LogP contribution in [-0.2, 0) is 0 Å². The average molecular weight is 353 g/mol. The van der Waals surface area contributed by atoms with E-state index in [1.807, 2.05) is 0 Å². The van der Waals surface area contributed by atoms with E-state index < -0.39 is 5.91 Å². The highest BCUT2D eigenvalue weighted by Crippen LogP contribution is 2.28. The third kappa shape index (κ3) is 3.16. The van der Waals surface area contributed by atoms with Gasteiger partial charge < -0.3 is 15.8 Å². The van der Waals surface area contributed by atoms with E-state index in [-0.39, 0.29) is 15.9 Å². The Labute approximate surface area is 130 Å². The molecule has 0 saturated heterocycles. The van der Waals surface area contributed by atoms with Gasteiger partial charge in [0.2, 0.25) is 0 Å². The van der Waals surface area contributed by atoms with Crippen molar-refractivity contribution in [2.75, 3.05) is 18.2 Å². The highest BCUT2D eigenvalue weighted by Gasteiger charge is 2.17. The SMILES string of the molecule is COc1cccc(N)c1C(=O)Nc1cc(Br)c(F)cc1C. The zero-order valence-electron chi connectivity index (χ0n) is 11.5. The van der Waals surface area contributed by atoms with Crippen LogP contribution >= 0.6 is 15.9 Å². The molecule has 0 aliphatic rings. The third-order valence-electron chi connectivity index (χ3n) is 3.02. The van der Waals surface area contributed by atoms with E-state index in [4.69, 9.17) is 10.5 Å². The lowest BCUT2D eigenvalue weighted by Crippen LogP contribution is -2.16. The predicted molar refractivity (Wildman–Crippen MR) is 84.2 cm³/mol. The molecule has 0 aliphatic heterocycles. The Kier molecular flexibility index (Phi) is 4.47. The van der Waals surface area contributed by atoms with Crippen molar-refractivity contribution in [1.29, 1.82) is 0 Å². The van der Waals surface area contributed by atoms with Crippen molar-refractivity contribution >= 4 is 33.2 Å². The first-order valence-corrected chi connectivity index (χ1v) is 6.92. The molecule has 0 unspecified atom stereocenters. The smallest absolute Gasteiger partial charge is 0.261 e. The molecule has 110 valence electrons. The summed E-state index contributed by atoms with van der Waals surface area (Å²) in [6.07, 6.45) is 0. The van der Waals surface area contributed by atoms with Gasteiger partial charge in [0.15, 0.2) is 0 Å². The summed E-state index contributed by atoms with van der Waals surface area (Å²) in [6, 6.07) is 7.81. The molecule has 2 aromatic rings. The minimum Gasteiger partial charge on any atom is -0.496 e. The lowest BCUT2D eigenvalue weighted by Gasteiger charge is -2.13. The van der Waals surface area contributed by atoms with Gasteiger partial charge in [-0.3, -0.25) is 4.79 Å². The number of hydrogen-bond acceptors (Lipinski definition) is 3. The van der Waals surface area contributed by atoms with Crippen LogP contribution in [0.4, 0.5) is 15.8 Å². The maximum Gasteiger partial charge on any atom is 0.261 e. The molecule has 0 heterocycles. The molecule has 0 spiro atoms. The number of benzene rings is 2. The van der Waals surface area contributed by atoms with Gasteiger partial charge in [-0.15, -0.1) is 0 Å². The van der Waals surface area contributed by atoms with Crippen LogP contribution in [0.5, 0.6) is 5.75 Å². The molecule has 0 saturated carbocycles. The minimum atomic E-state index is -0.411. The lowest BCUT2D eigenvalue weighted by molar-refractivity contribution is 0.102. The highest BCUT2D eigenvalue weighted by molar-refractivity contribution is 9.10. The summed E-state index contributed by atoms with van der Waals surface area (Å²) in [6.45, 7) is 1.71. The number of nitrogen functional groups attached to an aromatic ring is 1. The second kappa shape index (κ2) is 6.13. The van der Waals surface area contributed by atoms with E-state index in [1.54, 1.807) is 25.1 Å². The predicted octanol–water partition coefficient (Wildman–Crippen LogP) is 3.74. The van der Waals surface area contributed by atoms with Crippen molar-refractivity contribution in [1.82, 2.24) is 0 Å². The molecular formula is C15H14BrFN2O2. The van der Waals surface area contributed by atoms with Crippen LogP contribution in [0.3, 0.4) is 0 Å². The fourth-order valence-electron chi connectivity index (χ4n) is 1.93. The lowest BCUT2D eigenvalue weighted by atomic mass is 10.1. The number of ether oxygens (including phenoxy) is 1. The van der Waals surface area contributed by atoms with Crippen molar-refractivity contribution in [3.63, 3.8) is 0 Å². The van der Waals surface area contributed by atoms with Gasteiger partial charge in [-0.05, 0) is 52.7 Å². The molecule has 0 atom stereocenters.